The molecular weight excluding hydrogens is 196 g/mol. The molecular formula is C10H18N2O3. The minimum absolute atomic E-state index is 0.124. The minimum atomic E-state index is -0.744. The van der Waals surface area contributed by atoms with Gasteiger partial charge in [0, 0.05) is 20.0 Å². The lowest BCUT2D eigenvalue weighted by molar-refractivity contribution is -0.149. The van der Waals surface area contributed by atoms with E-state index >= 15 is 0 Å². The summed E-state index contributed by atoms with van der Waals surface area (Å²) in [4.78, 5) is 24.2. The molecule has 0 aromatic heterocycles. The van der Waals surface area contributed by atoms with Gasteiger partial charge in [0.25, 0.3) is 0 Å². The summed E-state index contributed by atoms with van der Waals surface area (Å²) >= 11 is 0. The lowest BCUT2D eigenvalue weighted by Gasteiger charge is -2.24. The molecule has 0 aromatic carbocycles. The van der Waals surface area contributed by atoms with Crippen LogP contribution in [0.1, 0.15) is 26.7 Å². The van der Waals surface area contributed by atoms with Crippen molar-refractivity contribution < 1.29 is 14.3 Å². The third kappa shape index (κ3) is 3.20. The Labute approximate surface area is 89.6 Å². The second-order valence-electron chi connectivity index (χ2n) is 3.87. The first-order valence-electron chi connectivity index (χ1n) is 5.24. The molecule has 1 aliphatic heterocycles. The molecule has 0 unspecified atom stereocenters. The number of esters is 1. The summed E-state index contributed by atoms with van der Waals surface area (Å²) in [6.07, 6.45) is 1.50. The zero-order valence-electron chi connectivity index (χ0n) is 9.23. The van der Waals surface area contributed by atoms with Crippen molar-refractivity contribution in [1.82, 2.24) is 4.90 Å². The van der Waals surface area contributed by atoms with Gasteiger partial charge in [-0.3, -0.25) is 9.59 Å². The summed E-state index contributed by atoms with van der Waals surface area (Å²) in [5.74, 6) is -0.534. The first-order valence-corrected chi connectivity index (χ1v) is 5.24. The van der Waals surface area contributed by atoms with E-state index in [4.69, 9.17) is 10.5 Å². The third-order valence-electron chi connectivity index (χ3n) is 2.56. The van der Waals surface area contributed by atoms with E-state index in [2.05, 4.69) is 0 Å². The van der Waals surface area contributed by atoms with Gasteiger partial charge in [-0.2, -0.15) is 0 Å². The second kappa shape index (κ2) is 5.11. The maximum absolute atomic E-state index is 11.8. The van der Waals surface area contributed by atoms with Crippen LogP contribution in [0.2, 0.25) is 0 Å². The average Bonchev–Trinajstić information content (AvgIpc) is 2.67. The Kier molecular flexibility index (Phi) is 4.08. The monoisotopic (exact) mass is 214 g/mol. The van der Waals surface area contributed by atoms with Crippen LogP contribution < -0.4 is 5.73 Å². The molecule has 1 rings (SSSR count). The van der Waals surface area contributed by atoms with Crippen LogP contribution in [-0.4, -0.2) is 42.0 Å². The molecule has 5 heteroatoms. The summed E-state index contributed by atoms with van der Waals surface area (Å²) in [5.41, 5.74) is 5.72. The van der Waals surface area contributed by atoms with Gasteiger partial charge in [-0.1, -0.05) is 0 Å². The summed E-state index contributed by atoms with van der Waals surface area (Å²) in [6, 6.07) is -0.744. The number of nitrogens with zero attached hydrogens (tertiary/aromatic N) is 1. The lowest BCUT2D eigenvalue weighted by Crippen LogP contribution is -2.49. The number of carbonyl (C=O) groups excluding carboxylic acids is 2. The van der Waals surface area contributed by atoms with Crippen molar-refractivity contribution in [3.05, 3.63) is 0 Å². The average molecular weight is 214 g/mol. The maximum Gasteiger partial charge on any atom is 0.302 e. The van der Waals surface area contributed by atoms with Crippen molar-refractivity contribution in [2.45, 2.75) is 38.8 Å². The molecule has 1 fully saturated rings. The first-order chi connectivity index (χ1) is 7.02. The summed E-state index contributed by atoms with van der Waals surface area (Å²) in [7, 11) is 0. The van der Waals surface area contributed by atoms with Gasteiger partial charge in [0.2, 0.25) is 5.91 Å². The molecule has 1 saturated heterocycles. The summed E-state index contributed by atoms with van der Waals surface area (Å²) in [5, 5.41) is 0. The minimum Gasteiger partial charge on any atom is -0.461 e. The number of likely N-dealkylation sites (tertiary alicyclic amines) is 1. The van der Waals surface area contributed by atoms with Crippen molar-refractivity contribution >= 4 is 11.9 Å². The van der Waals surface area contributed by atoms with Crippen molar-refractivity contribution in [3.8, 4) is 0 Å². The second-order valence-corrected chi connectivity index (χ2v) is 3.87. The van der Waals surface area contributed by atoms with E-state index in [1.54, 1.807) is 11.8 Å². The predicted octanol–water partition coefficient (Wildman–Crippen LogP) is -0.112. The topological polar surface area (TPSA) is 72.6 Å². The van der Waals surface area contributed by atoms with Crippen LogP contribution >= 0.6 is 0 Å². The van der Waals surface area contributed by atoms with Gasteiger partial charge >= 0.3 is 5.97 Å². The molecule has 0 spiro atoms. The molecule has 0 aliphatic carbocycles. The van der Waals surface area contributed by atoms with Crippen LogP contribution in [0.25, 0.3) is 0 Å². The number of hydrogen-bond donors (Lipinski definition) is 1. The zero-order chi connectivity index (χ0) is 11.4. The highest BCUT2D eigenvalue weighted by Gasteiger charge is 2.28. The molecule has 0 bridgehead atoms. The Bertz CT molecular complexity index is 249. The van der Waals surface area contributed by atoms with Crippen LogP contribution in [0, 0.1) is 0 Å². The van der Waals surface area contributed by atoms with Gasteiger partial charge in [-0.15, -0.1) is 0 Å². The number of ether oxygens (including phenoxy) is 1. The Morgan fingerprint density at radius 2 is 1.87 bits per heavy atom. The smallest absolute Gasteiger partial charge is 0.302 e. The van der Waals surface area contributed by atoms with E-state index in [0.717, 1.165) is 25.9 Å². The highest BCUT2D eigenvalue weighted by Crippen LogP contribution is 2.10. The predicted molar refractivity (Wildman–Crippen MR) is 55.0 cm³/mol. The van der Waals surface area contributed by atoms with Crippen LogP contribution in [0.15, 0.2) is 0 Å². The quantitative estimate of drug-likeness (QED) is 0.665. The third-order valence-corrected chi connectivity index (χ3v) is 2.56. The van der Waals surface area contributed by atoms with E-state index < -0.39 is 18.1 Å². The molecule has 0 aromatic rings. The van der Waals surface area contributed by atoms with Crippen molar-refractivity contribution in [3.63, 3.8) is 0 Å². The van der Waals surface area contributed by atoms with E-state index in [-0.39, 0.29) is 5.91 Å². The number of carbonyl (C=O) groups is 2. The van der Waals surface area contributed by atoms with E-state index in [1.165, 1.54) is 6.92 Å². The lowest BCUT2D eigenvalue weighted by atomic mass is 10.1. The Morgan fingerprint density at radius 3 is 2.33 bits per heavy atom. The number of hydrogen-bond acceptors (Lipinski definition) is 4. The van der Waals surface area contributed by atoms with Crippen LogP contribution in [0.4, 0.5) is 0 Å². The molecule has 5 nitrogen and oxygen atoms in total. The van der Waals surface area contributed by atoms with Gasteiger partial charge in [-0.05, 0) is 19.8 Å². The molecule has 86 valence electrons. The highest BCUT2D eigenvalue weighted by molar-refractivity contribution is 5.83. The van der Waals surface area contributed by atoms with E-state index in [9.17, 15) is 9.59 Å². The number of nitrogens with two attached hydrogens (primary N) is 1. The Hall–Kier alpha value is -1.10. The Balaban J connectivity index is 2.47. The van der Waals surface area contributed by atoms with Gasteiger partial charge in [0.1, 0.15) is 12.1 Å². The molecule has 2 N–H and O–H groups in total. The number of amides is 1. The summed E-state index contributed by atoms with van der Waals surface area (Å²) < 4.78 is 4.88. The normalized spacial score (nSPS) is 19.8. The zero-order valence-corrected chi connectivity index (χ0v) is 9.23. The van der Waals surface area contributed by atoms with Crippen molar-refractivity contribution in [2.24, 2.45) is 5.73 Å². The van der Waals surface area contributed by atoms with E-state index in [0.29, 0.717) is 0 Å². The molecule has 2 atom stereocenters. The summed E-state index contributed by atoms with van der Waals surface area (Å²) in [6.45, 7) is 4.47. The largest absolute Gasteiger partial charge is 0.461 e. The maximum atomic E-state index is 11.8. The molecule has 1 aliphatic rings. The Morgan fingerprint density at radius 1 is 1.33 bits per heavy atom. The standard InChI is InChI=1S/C10H18N2O3/c1-7(15-8(2)13)9(11)10(14)12-5-3-4-6-12/h7,9H,3-6,11H2,1-2H3/t7-,9+/m1/s1. The fourth-order valence-corrected chi connectivity index (χ4v) is 1.68. The van der Waals surface area contributed by atoms with Crippen LogP contribution in [0.3, 0.4) is 0 Å². The highest BCUT2D eigenvalue weighted by atomic mass is 16.5. The molecule has 1 heterocycles. The van der Waals surface area contributed by atoms with Crippen molar-refractivity contribution in [2.75, 3.05) is 13.1 Å². The fraction of sp³-hybridized carbons (Fsp3) is 0.800. The molecule has 1 amide bonds. The molecule has 15 heavy (non-hydrogen) atoms. The fourth-order valence-electron chi connectivity index (χ4n) is 1.68. The van der Waals surface area contributed by atoms with E-state index in [1.807, 2.05) is 0 Å². The SMILES string of the molecule is CC(=O)O[C@H](C)[C@H](N)C(=O)N1CCCC1. The van der Waals surface area contributed by atoms with Crippen LogP contribution in [-0.2, 0) is 14.3 Å². The van der Waals surface area contributed by atoms with Gasteiger partial charge in [-0.25, -0.2) is 0 Å². The first kappa shape index (κ1) is 12.0. The van der Waals surface area contributed by atoms with Crippen LogP contribution in [0.5, 0.6) is 0 Å². The van der Waals surface area contributed by atoms with Gasteiger partial charge in [0.05, 0.1) is 0 Å². The number of rotatable bonds is 3. The van der Waals surface area contributed by atoms with Gasteiger partial charge < -0.3 is 15.4 Å². The molecule has 0 radical (unpaired) electrons. The van der Waals surface area contributed by atoms with Crippen molar-refractivity contribution in [1.29, 1.82) is 0 Å². The van der Waals surface area contributed by atoms with Gasteiger partial charge in [0.15, 0.2) is 0 Å². The molecule has 0 saturated carbocycles.